The van der Waals surface area contributed by atoms with Gasteiger partial charge in [0.1, 0.15) is 5.78 Å². The minimum absolute atomic E-state index is 0.0548. The number of carbonyl (C=O) groups is 2. The lowest BCUT2D eigenvalue weighted by Gasteiger charge is -2.34. The molecule has 0 rings (SSSR count). The van der Waals surface area contributed by atoms with Crippen LogP contribution in [0.1, 0.15) is 73.1 Å². The maximum Gasteiger partial charge on any atom is 0.220 e. The molecule has 19 heavy (non-hydrogen) atoms. The van der Waals surface area contributed by atoms with Crippen molar-refractivity contribution in [3.05, 3.63) is 0 Å². The van der Waals surface area contributed by atoms with Crippen molar-refractivity contribution in [2.45, 2.75) is 84.3 Å². The van der Waals surface area contributed by atoms with Crippen LogP contribution in [0, 0.1) is 0 Å². The zero-order valence-electron chi connectivity index (χ0n) is 13.0. The second kappa shape index (κ2) is 7.63. The summed E-state index contributed by atoms with van der Waals surface area (Å²) in [5.74, 6) is 0.141. The van der Waals surface area contributed by atoms with E-state index in [1.54, 1.807) is 6.92 Å². The van der Waals surface area contributed by atoms with E-state index in [0.29, 0.717) is 38.5 Å². The van der Waals surface area contributed by atoms with Crippen LogP contribution in [0.15, 0.2) is 0 Å². The summed E-state index contributed by atoms with van der Waals surface area (Å²) >= 11 is 0. The van der Waals surface area contributed by atoms with Crippen molar-refractivity contribution in [3.8, 4) is 0 Å². The molecule has 0 heterocycles. The Morgan fingerprint density at radius 3 is 2.16 bits per heavy atom. The summed E-state index contributed by atoms with van der Waals surface area (Å²) in [6.45, 7) is 9.35. The molecule has 0 radical (unpaired) electrons. The minimum atomic E-state index is -0.769. The molecule has 1 unspecified atom stereocenters. The Hall–Kier alpha value is -0.900. The van der Waals surface area contributed by atoms with Crippen molar-refractivity contribution in [2.75, 3.05) is 0 Å². The lowest BCUT2D eigenvalue weighted by molar-refractivity contribution is -0.123. The molecule has 4 heteroatoms. The summed E-state index contributed by atoms with van der Waals surface area (Å²) in [4.78, 5) is 22.9. The Morgan fingerprint density at radius 1 is 1.11 bits per heavy atom. The van der Waals surface area contributed by atoms with E-state index in [2.05, 4.69) is 5.32 Å². The standard InChI is InChI=1S/C15H29NO3/c1-6-12(17)9-8-10-13(18)16-14(3,4)11-15(5,19)7-2/h19H,6-11H2,1-5H3,(H,16,18). The van der Waals surface area contributed by atoms with Gasteiger partial charge in [0.25, 0.3) is 0 Å². The maximum atomic E-state index is 11.8. The fourth-order valence-electron chi connectivity index (χ4n) is 2.18. The van der Waals surface area contributed by atoms with Crippen molar-refractivity contribution < 1.29 is 14.7 Å². The van der Waals surface area contributed by atoms with Gasteiger partial charge >= 0.3 is 0 Å². The summed E-state index contributed by atoms with van der Waals surface area (Å²) in [7, 11) is 0. The highest BCUT2D eigenvalue weighted by molar-refractivity contribution is 5.80. The average molecular weight is 271 g/mol. The van der Waals surface area contributed by atoms with Crippen LogP contribution in [-0.4, -0.2) is 27.9 Å². The first-order valence-electron chi connectivity index (χ1n) is 7.17. The summed E-state index contributed by atoms with van der Waals surface area (Å²) < 4.78 is 0. The fraction of sp³-hybridized carbons (Fsp3) is 0.867. The van der Waals surface area contributed by atoms with Gasteiger partial charge in [0.15, 0.2) is 0 Å². The smallest absolute Gasteiger partial charge is 0.220 e. The van der Waals surface area contributed by atoms with Crippen LogP contribution in [0.3, 0.4) is 0 Å². The van der Waals surface area contributed by atoms with Gasteiger partial charge < -0.3 is 10.4 Å². The third-order valence-electron chi connectivity index (χ3n) is 3.32. The van der Waals surface area contributed by atoms with Gasteiger partial charge in [-0.2, -0.15) is 0 Å². The zero-order valence-corrected chi connectivity index (χ0v) is 13.0. The highest BCUT2D eigenvalue weighted by Crippen LogP contribution is 2.23. The Morgan fingerprint density at radius 2 is 1.68 bits per heavy atom. The van der Waals surface area contributed by atoms with E-state index >= 15 is 0 Å². The highest BCUT2D eigenvalue weighted by atomic mass is 16.3. The molecular weight excluding hydrogens is 242 g/mol. The molecule has 112 valence electrons. The van der Waals surface area contributed by atoms with E-state index in [1.807, 2.05) is 27.7 Å². The van der Waals surface area contributed by atoms with Crippen molar-refractivity contribution >= 4 is 11.7 Å². The SMILES string of the molecule is CCC(=O)CCCC(=O)NC(C)(C)CC(C)(O)CC. The first kappa shape index (κ1) is 18.1. The molecule has 1 amide bonds. The number of amides is 1. The van der Waals surface area contributed by atoms with Crippen molar-refractivity contribution in [1.82, 2.24) is 5.32 Å². The number of hydrogen-bond donors (Lipinski definition) is 2. The van der Waals surface area contributed by atoms with Gasteiger partial charge in [-0.1, -0.05) is 13.8 Å². The summed E-state index contributed by atoms with van der Waals surface area (Å²) in [5, 5.41) is 13.0. The van der Waals surface area contributed by atoms with E-state index in [4.69, 9.17) is 0 Å². The summed E-state index contributed by atoms with van der Waals surface area (Å²) in [6, 6.07) is 0. The number of hydrogen-bond acceptors (Lipinski definition) is 3. The average Bonchev–Trinajstić information content (AvgIpc) is 2.26. The third kappa shape index (κ3) is 8.76. The highest BCUT2D eigenvalue weighted by Gasteiger charge is 2.30. The van der Waals surface area contributed by atoms with Crippen molar-refractivity contribution in [1.29, 1.82) is 0 Å². The maximum absolute atomic E-state index is 11.8. The lowest BCUT2D eigenvalue weighted by Crippen LogP contribution is -2.48. The number of nitrogens with one attached hydrogen (secondary N) is 1. The summed E-state index contributed by atoms with van der Waals surface area (Å²) in [5.41, 5.74) is -1.21. The van der Waals surface area contributed by atoms with E-state index in [9.17, 15) is 14.7 Å². The van der Waals surface area contributed by atoms with Crippen LogP contribution in [0.5, 0.6) is 0 Å². The van der Waals surface area contributed by atoms with Gasteiger partial charge in [0.2, 0.25) is 5.91 Å². The Balaban J connectivity index is 4.13. The molecule has 0 spiro atoms. The van der Waals surface area contributed by atoms with Crippen LogP contribution < -0.4 is 5.32 Å². The topological polar surface area (TPSA) is 66.4 Å². The molecule has 0 aromatic rings. The molecule has 4 nitrogen and oxygen atoms in total. The van der Waals surface area contributed by atoms with Crippen LogP contribution in [0.2, 0.25) is 0 Å². The van der Waals surface area contributed by atoms with Crippen molar-refractivity contribution in [2.24, 2.45) is 0 Å². The van der Waals surface area contributed by atoms with Crippen LogP contribution in [0.4, 0.5) is 0 Å². The second-order valence-corrected chi connectivity index (χ2v) is 6.21. The summed E-state index contributed by atoms with van der Waals surface area (Å²) in [6.07, 6.45) is 3.12. The second-order valence-electron chi connectivity index (χ2n) is 6.21. The number of rotatable bonds is 9. The Kier molecular flexibility index (Phi) is 7.27. The minimum Gasteiger partial charge on any atom is -0.390 e. The Labute approximate surface area is 117 Å². The molecule has 0 fully saturated rings. The zero-order chi connectivity index (χ0) is 15.1. The molecule has 0 bridgehead atoms. The monoisotopic (exact) mass is 271 g/mol. The largest absolute Gasteiger partial charge is 0.390 e. The molecule has 2 N–H and O–H groups in total. The number of ketones is 1. The fourth-order valence-corrected chi connectivity index (χ4v) is 2.18. The van der Waals surface area contributed by atoms with Gasteiger partial charge in [-0.3, -0.25) is 9.59 Å². The molecule has 0 aliphatic heterocycles. The molecule has 0 aromatic heterocycles. The quantitative estimate of drug-likeness (QED) is 0.677. The predicted molar refractivity (Wildman–Crippen MR) is 76.9 cm³/mol. The van der Waals surface area contributed by atoms with Gasteiger partial charge in [0.05, 0.1) is 5.60 Å². The molecule has 0 aliphatic rings. The predicted octanol–water partition coefficient (Wildman–Crippen LogP) is 2.58. The Bertz CT molecular complexity index is 309. The molecule has 1 atom stereocenters. The van der Waals surface area contributed by atoms with E-state index in [0.717, 1.165) is 0 Å². The number of carbonyl (C=O) groups excluding carboxylic acids is 2. The third-order valence-corrected chi connectivity index (χ3v) is 3.32. The van der Waals surface area contributed by atoms with Gasteiger partial charge in [-0.25, -0.2) is 0 Å². The lowest BCUT2D eigenvalue weighted by atomic mass is 9.86. The van der Waals surface area contributed by atoms with Crippen LogP contribution >= 0.6 is 0 Å². The van der Waals surface area contributed by atoms with Crippen molar-refractivity contribution in [3.63, 3.8) is 0 Å². The normalized spacial score (nSPS) is 14.8. The van der Waals surface area contributed by atoms with Crippen LogP contribution in [0.25, 0.3) is 0 Å². The molecule has 0 saturated carbocycles. The molecular formula is C15H29NO3. The van der Waals surface area contributed by atoms with E-state index in [-0.39, 0.29) is 11.7 Å². The van der Waals surface area contributed by atoms with E-state index < -0.39 is 11.1 Å². The first-order valence-corrected chi connectivity index (χ1v) is 7.17. The van der Waals surface area contributed by atoms with Gasteiger partial charge in [-0.05, 0) is 40.0 Å². The first-order chi connectivity index (χ1) is 8.62. The number of aliphatic hydroxyl groups is 1. The van der Waals surface area contributed by atoms with E-state index in [1.165, 1.54) is 0 Å². The van der Waals surface area contributed by atoms with Gasteiger partial charge in [0, 0.05) is 24.8 Å². The molecule has 0 aromatic carbocycles. The van der Waals surface area contributed by atoms with Crippen LogP contribution in [-0.2, 0) is 9.59 Å². The molecule has 0 aliphatic carbocycles. The molecule has 0 saturated heterocycles. The van der Waals surface area contributed by atoms with Gasteiger partial charge in [-0.15, -0.1) is 0 Å². The number of Topliss-reactive ketones (excluding diaryl/α,β-unsaturated/α-hetero) is 1.